The van der Waals surface area contributed by atoms with E-state index in [1.807, 2.05) is 6.92 Å². The Bertz CT molecular complexity index is 441. The Labute approximate surface area is 111 Å². The number of hydrogen-bond donors (Lipinski definition) is 2. The van der Waals surface area contributed by atoms with Crippen LogP contribution in [-0.2, 0) is 4.79 Å². The number of aliphatic hydroxyl groups is 1. The van der Waals surface area contributed by atoms with E-state index in [1.165, 1.54) is 19.1 Å². The highest BCUT2D eigenvalue weighted by Crippen LogP contribution is 2.12. The maximum absolute atomic E-state index is 11.8. The normalized spacial score (nSPS) is 13.4. The smallest absolute Gasteiger partial charge is 0.251 e. The van der Waals surface area contributed by atoms with Gasteiger partial charge >= 0.3 is 0 Å². The molecule has 0 spiro atoms. The van der Waals surface area contributed by atoms with E-state index in [4.69, 9.17) is 4.74 Å². The Morgan fingerprint density at radius 1 is 1.37 bits per heavy atom. The molecule has 0 unspecified atom stereocenters. The fourth-order valence-corrected chi connectivity index (χ4v) is 1.47. The number of nitrogens with one attached hydrogen (secondary N) is 1. The number of carbonyl (C=O) groups is 2. The van der Waals surface area contributed by atoms with Crippen molar-refractivity contribution < 1.29 is 24.5 Å². The molecule has 0 heterocycles. The van der Waals surface area contributed by atoms with Crippen molar-refractivity contribution in [3.63, 3.8) is 0 Å². The molecule has 0 aliphatic carbocycles. The Hall–Kier alpha value is -2.08. The lowest BCUT2D eigenvalue weighted by Crippen LogP contribution is -2.53. The molecule has 1 amide bonds. The first kappa shape index (κ1) is 15.0. The predicted octanol–water partition coefficient (Wildman–Crippen LogP) is -0.686. The highest BCUT2D eigenvalue weighted by molar-refractivity contribution is 5.96. The lowest BCUT2D eigenvalue weighted by molar-refractivity contribution is -0.310. The number of benzene rings is 1. The van der Waals surface area contributed by atoms with Crippen molar-refractivity contribution in [2.75, 3.05) is 6.61 Å². The van der Waals surface area contributed by atoms with Gasteiger partial charge < -0.3 is 25.1 Å². The number of carbonyl (C=O) groups excluding carboxylic acids is 2. The molecule has 0 fully saturated rings. The van der Waals surface area contributed by atoms with Crippen molar-refractivity contribution in [2.45, 2.75) is 26.0 Å². The van der Waals surface area contributed by atoms with Gasteiger partial charge in [-0.3, -0.25) is 4.79 Å². The minimum Gasteiger partial charge on any atom is -0.548 e. The summed E-state index contributed by atoms with van der Waals surface area (Å²) < 4.78 is 5.22. The monoisotopic (exact) mass is 266 g/mol. The van der Waals surface area contributed by atoms with Gasteiger partial charge in [-0.05, 0) is 38.1 Å². The number of aliphatic carboxylic acids is 1. The van der Waals surface area contributed by atoms with Crippen molar-refractivity contribution >= 4 is 11.9 Å². The summed E-state index contributed by atoms with van der Waals surface area (Å²) >= 11 is 0. The quantitative estimate of drug-likeness (QED) is 0.710. The SMILES string of the molecule is CCOc1ccc(C(=O)N[C@@H](C(=O)[O-])[C@H](C)O)cc1. The first-order valence-electron chi connectivity index (χ1n) is 5.88. The van der Waals surface area contributed by atoms with Crippen LogP contribution in [-0.4, -0.2) is 35.7 Å². The van der Waals surface area contributed by atoms with Gasteiger partial charge in [0.1, 0.15) is 5.75 Å². The van der Waals surface area contributed by atoms with E-state index in [0.717, 1.165) is 0 Å². The summed E-state index contributed by atoms with van der Waals surface area (Å²) in [5.41, 5.74) is 0.273. The van der Waals surface area contributed by atoms with E-state index >= 15 is 0 Å². The van der Waals surface area contributed by atoms with Crippen LogP contribution in [0.4, 0.5) is 0 Å². The molecule has 1 rings (SSSR count). The highest BCUT2D eigenvalue weighted by Gasteiger charge is 2.19. The van der Waals surface area contributed by atoms with Gasteiger partial charge in [-0.2, -0.15) is 0 Å². The van der Waals surface area contributed by atoms with Gasteiger partial charge in [-0.15, -0.1) is 0 Å². The summed E-state index contributed by atoms with van der Waals surface area (Å²) in [5.74, 6) is -1.52. The number of carboxylic acid groups (broad SMARTS) is 1. The Balaban J connectivity index is 2.74. The van der Waals surface area contributed by atoms with Gasteiger partial charge in [-0.25, -0.2) is 0 Å². The second-order valence-electron chi connectivity index (χ2n) is 3.97. The summed E-state index contributed by atoms with van der Waals surface area (Å²) in [4.78, 5) is 22.5. The van der Waals surface area contributed by atoms with E-state index in [9.17, 15) is 19.8 Å². The average molecular weight is 266 g/mol. The molecule has 19 heavy (non-hydrogen) atoms. The van der Waals surface area contributed by atoms with Gasteiger partial charge in [0.25, 0.3) is 5.91 Å². The number of carboxylic acids is 1. The van der Waals surface area contributed by atoms with Crippen LogP contribution < -0.4 is 15.2 Å². The van der Waals surface area contributed by atoms with E-state index in [0.29, 0.717) is 12.4 Å². The molecule has 0 saturated carbocycles. The Morgan fingerprint density at radius 2 is 1.95 bits per heavy atom. The molecule has 0 aromatic heterocycles. The van der Waals surface area contributed by atoms with E-state index in [-0.39, 0.29) is 5.56 Å². The fraction of sp³-hybridized carbons (Fsp3) is 0.385. The molecule has 0 saturated heterocycles. The predicted molar refractivity (Wildman–Crippen MR) is 65.6 cm³/mol. The minimum atomic E-state index is -1.53. The first-order chi connectivity index (χ1) is 8.95. The summed E-state index contributed by atoms with van der Waals surface area (Å²) in [6, 6.07) is 4.78. The molecular formula is C13H16NO5-. The van der Waals surface area contributed by atoms with Crippen LogP contribution in [0, 0.1) is 0 Å². The van der Waals surface area contributed by atoms with Crippen LogP contribution in [0.15, 0.2) is 24.3 Å². The molecule has 2 N–H and O–H groups in total. The third-order valence-corrected chi connectivity index (χ3v) is 2.45. The van der Waals surface area contributed by atoms with Crippen molar-refractivity contribution in [1.29, 1.82) is 0 Å². The molecule has 6 heteroatoms. The first-order valence-corrected chi connectivity index (χ1v) is 5.88. The fourth-order valence-electron chi connectivity index (χ4n) is 1.47. The maximum atomic E-state index is 11.8. The largest absolute Gasteiger partial charge is 0.548 e. The molecule has 2 atom stereocenters. The van der Waals surface area contributed by atoms with Gasteiger partial charge in [-0.1, -0.05) is 0 Å². The molecule has 1 aromatic rings. The lowest BCUT2D eigenvalue weighted by atomic mass is 10.1. The van der Waals surface area contributed by atoms with Crippen molar-refractivity contribution in [1.82, 2.24) is 5.32 Å². The highest BCUT2D eigenvalue weighted by atomic mass is 16.5. The Morgan fingerprint density at radius 3 is 2.37 bits per heavy atom. The number of ether oxygens (including phenoxy) is 1. The van der Waals surface area contributed by atoms with Crippen LogP contribution in [0.2, 0.25) is 0 Å². The summed E-state index contributed by atoms with van der Waals surface area (Å²) in [7, 11) is 0. The van der Waals surface area contributed by atoms with E-state index in [1.54, 1.807) is 12.1 Å². The van der Waals surface area contributed by atoms with Gasteiger partial charge in [0.2, 0.25) is 0 Å². The number of aliphatic hydroxyl groups excluding tert-OH is 1. The van der Waals surface area contributed by atoms with Gasteiger partial charge in [0.05, 0.1) is 24.7 Å². The van der Waals surface area contributed by atoms with Crippen LogP contribution in [0.25, 0.3) is 0 Å². The van der Waals surface area contributed by atoms with Crippen molar-refractivity contribution in [3.05, 3.63) is 29.8 Å². The molecular weight excluding hydrogens is 250 g/mol. The van der Waals surface area contributed by atoms with Crippen molar-refractivity contribution in [2.24, 2.45) is 0 Å². The molecule has 0 radical (unpaired) electrons. The second kappa shape index (κ2) is 6.75. The molecule has 6 nitrogen and oxygen atoms in total. The van der Waals surface area contributed by atoms with Crippen LogP contribution in [0.3, 0.4) is 0 Å². The third-order valence-electron chi connectivity index (χ3n) is 2.45. The molecule has 1 aromatic carbocycles. The lowest BCUT2D eigenvalue weighted by Gasteiger charge is -2.22. The van der Waals surface area contributed by atoms with Crippen LogP contribution in [0.1, 0.15) is 24.2 Å². The zero-order valence-corrected chi connectivity index (χ0v) is 10.8. The molecule has 0 aliphatic heterocycles. The topological polar surface area (TPSA) is 98.7 Å². The number of hydrogen-bond acceptors (Lipinski definition) is 5. The maximum Gasteiger partial charge on any atom is 0.251 e. The molecule has 104 valence electrons. The van der Waals surface area contributed by atoms with Gasteiger partial charge in [0, 0.05) is 5.56 Å². The number of rotatable bonds is 6. The average Bonchev–Trinajstić information content (AvgIpc) is 2.36. The van der Waals surface area contributed by atoms with Gasteiger partial charge in [0.15, 0.2) is 0 Å². The minimum absolute atomic E-state index is 0.273. The second-order valence-corrected chi connectivity index (χ2v) is 3.97. The zero-order chi connectivity index (χ0) is 14.4. The van der Waals surface area contributed by atoms with Crippen molar-refractivity contribution in [3.8, 4) is 5.75 Å². The molecule has 0 bridgehead atoms. The van der Waals surface area contributed by atoms with Crippen LogP contribution >= 0.6 is 0 Å². The number of amides is 1. The zero-order valence-electron chi connectivity index (χ0n) is 10.8. The summed E-state index contributed by atoms with van der Waals surface area (Å²) in [6.07, 6.45) is -1.24. The van der Waals surface area contributed by atoms with E-state index in [2.05, 4.69) is 5.32 Å². The van der Waals surface area contributed by atoms with E-state index < -0.39 is 24.0 Å². The standard InChI is InChI=1S/C13H17NO5/c1-3-19-10-6-4-9(5-7-10)12(16)14-11(8(2)15)13(17)18/h4-8,11,15H,3H2,1-2H3,(H,14,16)(H,17,18)/p-1/t8-,11+/m0/s1. The summed E-state index contributed by atoms with van der Waals surface area (Å²) in [5, 5.41) is 22.2. The third kappa shape index (κ3) is 4.26. The molecule has 0 aliphatic rings. The van der Waals surface area contributed by atoms with Crippen LogP contribution in [0.5, 0.6) is 5.75 Å². The summed E-state index contributed by atoms with van der Waals surface area (Å²) in [6.45, 7) is 3.62. The Kier molecular flexibility index (Phi) is 5.32.